The molecule has 2 rings (SSSR count). The van der Waals surface area contributed by atoms with Gasteiger partial charge in [-0.1, -0.05) is 52.3 Å². The topological polar surface area (TPSA) is 20.3 Å². The third-order valence-electron chi connectivity index (χ3n) is 3.14. The molecule has 2 aromatic carbocycles. The van der Waals surface area contributed by atoms with E-state index in [9.17, 15) is 4.79 Å². The van der Waals surface area contributed by atoms with Gasteiger partial charge in [-0.05, 0) is 47.5 Å². The van der Waals surface area contributed by atoms with Crippen LogP contribution in [0.4, 0.5) is 5.69 Å². The molecule has 0 heterocycles. The van der Waals surface area contributed by atoms with Crippen molar-refractivity contribution >= 4 is 39.6 Å². The number of carbonyl (C=O) groups excluding carboxylic acids is 1. The molecule has 0 aliphatic rings. The van der Waals surface area contributed by atoms with Gasteiger partial charge < -0.3 is 4.90 Å². The van der Waals surface area contributed by atoms with Crippen molar-refractivity contribution in [1.29, 1.82) is 0 Å². The first-order valence-electron chi connectivity index (χ1n) is 6.98. The molecule has 0 atom stereocenters. The Balaban J connectivity index is 1.99. The lowest BCUT2D eigenvalue weighted by Gasteiger charge is -2.11. The van der Waals surface area contributed by atoms with E-state index in [0.717, 1.165) is 21.3 Å². The van der Waals surface area contributed by atoms with Gasteiger partial charge in [0.1, 0.15) is 0 Å². The summed E-state index contributed by atoms with van der Waals surface area (Å²) in [5.74, 6) is -0.0309. The highest BCUT2D eigenvalue weighted by Crippen LogP contribution is 2.14. The molecule has 0 saturated carbocycles. The highest BCUT2D eigenvalue weighted by atomic mass is 79.9. The smallest absolute Gasteiger partial charge is 0.178 e. The van der Waals surface area contributed by atoms with Gasteiger partial charge in [-0.3, -0.25) is 4.79 Å². The Bertz CT molecular complexity index is 700. The van der Waals surface area contributed by atoms with Gasteiger partial charge in [-0.15, -0.1) is 0 Å². The molecule has 0 saturated heterocycles. The minimum absolute atomic E-state index is 0.0309. The largest absolute Gasteiger partial charge is 0.378 e. The SMILES string of the molecule is CN(C)c1ccc(/C=C/C(=O)/C=C/c2cccc(Br)c2)cc1. The Hall–Kier alpha value is -2.13. The van der Waals surface area contributed by atoms with Crippen molar-refractivity contribution in [3.63, 3.8) is 0 Å². The van der Waals surface area contributed by atoms with E-state index in [1.54, 1.807) is 12.2 Å². The van der Waals surface area contributed by atoms with Gasteiger partial charge in [-0.25, -0.2) is 0 Å². The van der Waals surface area contributed by atoms with Crippen molar-refractivity contribution in [3.05, 3.63) is 76.3 Å². The predicted molar refractivity (Wildman–Crippen MR) is 98.0 cm³/mol. The minimum atomic E-state index is -0.0309. The number of carbonyl (C=O) groups is 1. The van der Waals surface area contributed by atoms with E-state index in [2.05, 4.69) is 15.9 Å². The number of hydrogen-bond acceptors (Lipinski definition) is 2. The van der Waals surface area contributed by atoms with E-state index in [1.165, 1.54) is 0 Å². The normalized spacial score (nSPS) is 11.2. The summed E-state index contributed by atoms with van der Waals surface area (Å²) < 4.78 is 0.999. The highest BCUT2D eigenvalue weighted by molar-refractivity contribution is 9.10. The monoisotopic (exact) mass is 355 g/mol. The molecule has 0 spiro atoms. The van der Waals surface area contributed by atoms with Gasteiger partial charge in [0, 0.05) is 24.3 Å². The quantitative estimate of drug-likeness (QED) is 0.717. The zero-order chi connectivity index (χ0) is 15.9. The number of hydrogen-bond donors (Lipinski definition) is 0. The maximum absolute atomic E-state index is 11.9. The van der Waals surface area contributed by atoms with Crippen LogP contribution in [0, 0.1) is 0 Å². The summed E-state index contributed by atoms with van der Waals surface area (Å²) >= 11 is 3.41. The van der Waals surface area contributed by atoms with Crippen LogP contribution < -0.4 is 4.90 Å². The van der Waals surface area contributed by atoms with Crippen molar-refractivity contribution in [1.82, 2.24) is 0 Å². The highest BCUT2D eigenvalue weighted by Gasteiger charge is 1.95. The van der Waals surface area contributed by atoms with Crippen LogP contribution in [-0.4, -0.2) is 19.9 Å². The Kier molecular flexibility index (Phi) is 5.73. The lowest BCUT2D eigenvalue weighted by molar-refractivity contribution is -0.110. The van der Waals surface area contributed by atoms with E-state index in [-0.39, 0.29) is 5.78 Å². The molecule has 112 valence electrons. The van der Waals surface area contributed by atoms with E-state index < -0.39 is 0 Å². The molecule has 0 fully saturated rings. The van der Waals surface area contributed by atoms with Gasteiger partial charge in [0.2, 0.25) is 0 Å². The molecule has 0 unspecified atom stereocenters. The van der Waals surface area contributed by atoms with Crippen LogP contribution in [0.5, 0.6) is 0 Å². The first-order valence-corrected chi connectivity index (χ1v) is 7.77. The second kappa shape index (κ2) is 7.76. The van der Waals surface area contributed by atoms with Crippen molar-refractivity contribution in [2.24, 2.45) is 0 Å². The summed E-state index contributed by atoms with van der Waals surface area (Å²) in [6, 6.07) is 15.9. The Labute approximate surface area is 139 Å². The van der Waals surface area contributed by atoms with E-state index in [1.807, 2.05) is 79.7 Å². The van der Waals surface area contributed by atoms with Gasteiger partial charge in [-0.2, -0.15) is 0 Å². The van der Waals surface area contributed by atoms with Crippen LogP contribution >= 0.6 is 15.9 Å². The van der Waals surface area contributed by atoms with Gasteiger partial charge >= 0.3 is 0 Å². The van der Waals surface area contributed by atoms with Crippen LogP contribution in [0.2, 0.25) is 0 Å². The summed E-state index contributed by atoms with van der Waals surface area (Å²) in [6.07, 6.45) is 6.80. The molecule has 0 bridgehead atoms. The molecular formula is C19H18BrNO. The number of anilines is 1. The van der Waals surface area contributed by atoms with Crippen LogP contribution in [0.1, 0.15) is 11.1 Å². The van der Waals surface area contributed by atoms with Crippen LogP contribution in [0.25, 0.3) is 12.2 Å². The maximum atomic E-state index is 11.9. The van der Waals surface area contributed by atoms with Crippen LogP contribution in [0.3, 0.4) is 0 Å². The summed E-state index contributed by atoms with van der Waals surface area (Å²) in [7, 11) is 4.00. The lowest BCUT2D eigenvalue weighted by atomic mass is 10.1. The second-order valence-electron chi connectivity index (χ2n) is 5.11. The maximum Gasteiger partial charge on any atom is 0.178 e. The Morgan fingerprint density at radius 1 is 0.955 bits per heavy atom. The van der Waals surface area contributed by atoms with E-state index in [4.69, 9.17) is 0 Å². The fraction of sp³-hybridized carbons (Fsp3) is 0.105. The third kappa shape index (κ3) is 5.01. The fourth-order valence-electron chi connectivity index (χ4n) is 1.91. The molecule has 2 aromatic rings. The minimum Gasteiger partial charge on any atom is -0.378 e. The number of rotatable bonds is 5. The van der Waals surface area contributed by atoms with Gasteiger partial charge in [0.05, 0.1) is 0 Å². The third-order valence-corrected chi connectivity index (χ3v) is 3.63. The van der Waals surface area contributed by atoms with E-state index in [0.29, 0.717) is 0 Å². The zero-order valence-electron chi connectivity index (χ0n) is 12.7. The zero-order valence-corrected chi connectivity index (χ0v) is 14.2. The first-order chi connectivity index (χ1) is 10.5. The lowest BCUT2D eigenvalue weighted by Crippen LogP contribution is -2.07. The van der Waals surface area contributed by atoms with E-state index >= 15 is 0 Å². The average molecular weight is 356 g/mol. The molecule has 2 nitrogen and oxygen atoms in total. The number of allylic oxidation sites excluding steroid dienone is 2. The number of nitrogens with zero attached hydrogens (tertiary/aromatic N) is 1. The number of ketones is 1. The van der Waals surface area contributed by atoms with Gasteiger partial charge in [0.25, 0.3) is 0 Å². The summed E-state index contributed by atoms with van der Waals surface area (Å²) in [4.78, 5) is 13.9. The van der Waals surface area contributed by atoms with Crippen molar-refractivity contribution in [2.45, 2.75) is 0 Å². The van der Waals surface area contributed by atoms with Crippen molar-refractivity contribution in [3.8, 4) is 0 Å². The van der Waals surface area contributed by atoms with Crippen molar-refractivity contribution in [2.75, 3.05) is 19.0 Å². The second-order valence-corrected chi connectivity index (χ2v) is 6.03. The molecule has 0 radical (unpaired) electrons. The molecule has 3 heteroatoms. The fourth-order valence-corrected chi connectivity index (χ4v) is 2.32. The van der Waals surface area contributed by atoms with Gasteiger partial charge in [0.15, 0.2) is 5.78 Å². The number of benzene rings is 2. The summed E-state index contributed by atoms with van der Waals surface area (Å²) in [5, 5.41) is 0. The Morgan fingerprint density at radius 3 is 2.18 bits per heavy atom. The molecule has 22 heavy (non-hydrogen) atoms. The summed E-state index contributed by atoms with van der Waals surface area (Å²) in [5.41, 5.74) is 3.14. The summed E-state index contributed by atoms with van der Waals surface area (Å²) in [6.45, 7) is 0. The standard InChI is InChI=1S/C19H18BrNO/c1-21(2)18-10-6-15(7-11-18)8-12-19(22)13-9-16-4-3-5-17(20)14-16/h3-14H,1-2H3/b12-8+,13-9+. The van der Waals surface area contributed by atoms with Crippen LogP contribution in [0.15, 0.2) is 65.2 Å². The molecule has 0 aliphatic carbocycles. The molecule has 0 amide bonds. The van der Waals surface area contributed by atoms with Crippen LogP contribution in [-0.2, 0) is 4.79 Å². The first kappa shape index (κ1) is 16.2. The molecule has 0 aromatic heterocycles. The average Bonchev–Trinajstić information content (AvgIpc) is 2.51. The molecular weight excluding hydrogens is 338 g/mol. The van der Waals surface area contributed by atoms with Crippen molar-refractivity contribution < 1.29 is 4.79 Å². The molecule has 0 N–H and O–H groups in total. The predicted octanol–water partition coefficient (Wildman–Crippen LogP) is 4.81. The Morgan fingerprint density at radius 2 is 1.59 bits per heavy atom. The number of halogens is 1. The molecule has 0 aliphatic heterocycles.